The highest BCUT2D eigenvalue weighted by Crippen LogP contribution is 2.34. The van der Waals surface area contributed by atoms with E-state index in [1.165, 1.54) is 18.9 Å². The van der Waals surface area contributed by atoms with Crippen molar-refractivity contribution in [2.75, 3.05) is 25.0 Å². The minimum absolute atomic E-state index is 0.00660. The van der Waals surface area contributed by atoms with E-state index in [2.05, 4.69) is 27.3 Å². The van der Waals surface area contributed by atoms with E-state index in [1.807, 2.05) is 12.1 Å². The third kappa shape index (κ3) is 4.35. The maximum atomic E-state index is 14.3. The molecular formula is C23H26ClFN4O. The van der Waals surface area contributed by atoms with E-state index in [4.69, 9.17) is 11.6 Å². The Labute approximate surface area is 180 Å². The van der Waals surface area contributed by atoms with Gasteiger partial charge in [-0.1, -0.05) is 37.1 Å². The largest absolute Gasteiger partial charge is 0.308 e. The summed E-state index contributed by atoms with van der Waals surface area (Å²) >= 11 is 6.22. The second kappa shape index (κ2) is 9.14. The molecule has 1 aromatic heterocycles. The number of amides is 1. The number of likely N-dealkylation sites (tertiary alicyclic amines) is 1. The molecule has 2 heterocycles. The first kappa shape index (κ1) is 20.8. The number of carbonyl (C=O) groups is 1. The van der Waals surface area contributed by atoms with Crippen LogP contribution in [-0.4, -0.2) is 40.6 Å². The van der Waals surface area contributed by atoms with Gasteiger partial charge in [-0.3, -0.25) is 9.89 Å². The monoisotopic (exact) mass is 428 g/mol. The van der Waals surface area contributed by atoms with Crippen molar-refractivity contribution in [3.05, 3.63) is 47.2 Å². The molecule has 0 saturated carbocycles. The number of halogens is 2. The molecule has 0 radical (unpaired) electrons. The number of anilines is 1. The van der Waals surface area contributed by atoms with Crippen molar-refractivity contribution in [2.24, 2.45) is 5.92 Å². The van der Waals surface area contributed by atoms with Crippen LogP contribution < -0.4 is 5.32 Å². The topological polar surface area (TPSA) is 61.0 Å². The summed E-state index contributed by atoms with van der Waals surface area (Å²) < 4.78 is 14.3. The zero-order chi connectivity index (χ0) is 21.1. The molecule has 1 saturated heterocycles. The molecule has 1 aliphatic rings. The SMILES string of the molecule is CCCCN1CCC(C(=O)Nc2n[nH]c3ccc(-c4c(F)cccc4Cl)cc23)CC1. The molecule has 30 heavy (non-hydrogen) atoms. The Hall–Kier alpha value is -2.44. The average molecular weight is 429 g/mol. The number of carbonyl (C=O) groups excluding carboxylic acids is 1. The van der Waals surface area contributed by atoms with Crippen molar-refractivity contribution in [3.63, 3.8) is 0 Å². The molecule has 0 atom stereocenters. The predicted molar refractivity (Wildman–Crippen MR) is 119 cm³/mol. The molecule has 1 aliphatic heterocycles. The molecule has 1 amide bonds. The molecule has 3 aromatic rings. The van der Waals surface area contributed by atoms with E-state index in [0.717, 1.165) is 43.4 Å². The molecule has 0 aliphatic carbocycles. The van der Waals surface area contributed by atoms with Gasteiger partial charge in [-0.15, -0.1) is 0 Å². The van der Waals surface area contributed by atoms with Crippen LogP contribution in [0.25, 0.3) is 22.0 Å². The number of aromatic nitrogens is 2. The molecule has 5 nitrogen and oxygen atoms in total. The molecule has 2 N–H and O–H groups in total. The molecule has 7 heteroatoms. The Kier molecular flexibility index (Phi) is 6.35. The van der Waals surface area contributed by atoms with Gasteiger partial charge in [0.15, 0.2) is 5.82 Å². The van der Waals surface area contributed by atoms with Gasteiger partial charge in [0.2, 0.25) is 5.91 Å². The predicted octanol–water partition coefficient (Wildman–Crippen LogP) is 5.47. The number of piperidine rings is 1. The number of hydrogen-bond donors (Lipinski definition) is 2. The van der Waals surface area contributed by atoms with Crippen LogP contribution in [0, 0.1) is 11.7 Å². The Morgan fingerprint density at radius 1 is 1.30 bits per heavy atom. The summed E-state index contributed by atoms with van der Waals surface area (Å²) in [4.78, 5) is 15.3. The van der Waals surface area contributed by atoms with Crippen LogP contribution in [0.5, 0.6) is 0 Å². The van der Waals surface area contributed by atoms with E-state index in [1.54, 1.807) is 18.2 Å². The molecule has 158 valence electrons. The number of H-pyrrole nitrogens is 1. The van der Waals surface area contributed by atoms with Crippen molar-refractivity contribution in [1.82, 2.24) is 15.1 Å². The second-order valence-electron chi connectivity index (χ2n) is 7.89. The number of fused-ring (bicyclic) bond motifs is 1. The minimum atomic E-state index is -0.384. The van der Waals surface area contributed by atoms with Crippen molar-refractivity contribution >= 4 is 34.2 Å². The lowest BCUT2D eigenvalue weighted by molar-refractivity contribution is -0.121. The lowest BCUT2D eigenvalue weighted by Crippen LogP contribution is -2.38. The lowest BCUT2D eigenvalue weighted by Gasteiger charge is -2.31. The number of hydrogen-bond acceptors (Lipinski definition) is 3. The number of benzene rings is 2. The summed E-state index contributed by atoms with van der Waals surface area (Å²) in [5.41, 5.74) is 1.77. The molecular weight excluding hydrogens is 403 g/mol. The highest BCUT2D eigenvalue weighted by Gasteiger charge is 2.25. The van der Waals surface area contributed by atoms with Gasteiger partial charge in [0.25, 0.3) is 0 Å². The van der Waals surface area contributed by atoms with Gasteiger partial charge in [0.05, 0.1) is 10.5 Å². The zero-order valence-electron chi connectivity index (χ0n) is 17.0. The summed E-state index contributed by atoms with van der Waals surface area (Å²) in [6, 6.07) is 10.1. The maximum absolute atomic E-state index is 14.3. The highest BCUT2D eigenvalue weighted by molar-refractivity contribution is 6.33. The standard InChI is InChI=1S/C23H26ClFN4O/c1-2-3-11-29-12-9-15(10-13-29)23(30)26-22-17-14-16(7-8-20(17)27-28-22)21-18(24)5-4-6-19(21)25/h4-8,14-15H,2-3,9-13H2,1H3,(H2,26,27,28,30). The fraction of sp³-hybridized carbons (Fsp3) is 0.391. The van der Waals surface area contributed by atoms with Crippen LogP contribution in [0.2, 0.25) is 5.02 Å². The number of nitrogens with zero attached hydrogens (tertiary/aromatic N) is 2. The first-order valence-corrected chi connectivity index (χ1v) is 10.9. The highest BCUT2D eigenvalue weighted by atomic mass is 35.5. The van der Waals surface area contributed by atoms with Gasteiger partial charge in [0, 0.05) is 16.9 Å². The molecule has 4 rings (SSSR count). The van der Waals surface area contributed by atoms with Crippen LogP contribution in [0.1, 0.15) is 32.6 Å². The smallest absolute Gasteiger partial charge is 0.228 e. The zero-order valence-corrected chi connectivity index (χ0v) is 17.8. The normalized spacial score (nSPS) is 15.6. The van der Waals surface area contributed by atoms with E-state index in [9.17, 15) is 9.18 Å². The fourth-order valence-electron chi connectivity index (χ4n) is 4.06. The number of rotatable bonds is 6. The van der Waals surface area contributed by atoms with E-state index >= 15 is 0 Å². The average Bonchev–Trinajstić information content (AvgIpc) is 3.14. The molecule has 0 unspecified atom stereocenters. The quantitative estimate of drug-likeness (QED) is 0.547. The van der Waals surface area contributed by atoms with Crippen molar-refractivity contribution in [3.8, 4) is 11.1 Å². The van der Waals surface area contributed by atoms with Crippen LogP contribution in [0.15, 0.2) is 36.4 Å². The third-order valence-corrected chi connectivity index (χ3v) is 6.16. The van der Waals surface area contributed by atoms with Gasteiger partial charge >= 0.3 is 0 Å². The Balaban J connectivity index is 1.51. The first-order valence-electron chi connectivity index (χ1n) is 10.5. The summed E-state index contributed by atoms with van der Waals surface area (Å²) in [6.07, 6.45) is 4.10. The fourth-order valence-corrected chi connectivity index (χ4v) is 4.33. The molecule has 1 fully saturated rings. The number of nitrogens with one attached hydrogen (secondary N) is 2. The number of unbranched alkanes of at least 4 members (excludes halogenated alkanes) is 1. The van der Waals surface area contributed by atoms with Crippen LogP contribution in [0.3, 0.4) is 0 Å². The number of aromatic amines is 1. The van der Waals surface area contributed by atoms with Gasteiger partial charge in [0.1, 0.15) is 5.82 Å². The Bertz CT molecular complexity index is 1020. The van der Waals surface area contributed by atoms with Crippen LogP contribution >= 0.6 is 11.6 Å². The second-order valence-corrected chi connectivity index (χ2v) is 8.30. The van der Waals surface area contributed by atoms with Crippen molar-refractivity contribution in [1.29, 1.82) is 0 Å². The maximum Gasteiger partial charge on any atom is 0.228 e. The first-order chi connectivity index (χ1) is 14.6. The lowest BCUT2D eigenvalue weighted by atomic mass is 9.95. The Morgan fingerprint density at radius 2 is 2.10 bits per heavy atom. The van der Waals surface area contributed by atoms with Crippen LogP contribution in [0.4, 0.5) is 10.2 Å². The molecule has 2 aromatic carbocycles. The summed E-state index contributed by atoms with van der Waals surface area (Å²) in [5.74, 6) is 0.0650. The summed E-state index contributed by atoms with van der Waals surface area (Å²) in [5, 5.41) is 11.3. The van der Waals surface area contributed by atoms with Gasteiger partial charge < -0.3 is 10.2 Å². The van der Waals surface area contributed by atoms with Crippen molar-refractivity contribution in [2.45, 2.75) is 32.6 Å². The molecule has 0 bridgehead atoms. The third-order valence-electron chi connectivity index (χ3n) is 5.84. The van der Waals surface area contributed by atoms with E-state index in [-0.39, 0.29) is 17.6 Å². The van der Waals surface area contributed by atoms with E-state index in [0.29, 0.717) is 22.0 Å². The van der Waals surface area contributed by atoms with E-state index < -0.39 is 0 Å². The van der Waals surface area contributed by atoms with Gasteiger partial charge in [-0.2, -0.15) is 5.10 Å². The van der Waals surface area contributed by atoms with Crippen molar-refractivity contribution < 1.29 is 9.18 Å². The summed E-state index contributed by atoms with van der Waals surface area (Å²) in [7, 11) is 0. The molecule has 0 spiro atoms. The van der Waals surface area contributed by atoms with Gasteiger partial charge in [-0.05, 0) is 68.7 Å². The van der Waals surface area contributed by atoms with Crippen LogP contribution in [-0.2, 0) is 4.79 Å². The van der Waals surface area contributed by atoms with Gasteiger partial charge in [-0.25, -0.2) is 4.39 Å². The Morgan fingerprint density at radius 3 is 2.83 bits per heavy atom. The summed E-state index contributed by atoms with van der Waals surface area (Å²) in [6.45, 7) is 5.21. The minimum Gasteiger partial charge on any atom is -0.308 e.